The molecule has 0 saturated carbocycles. The first-order chi connectivity index (χ1) is 9.95. The van der Waals surface area contributed by atoms with Gasteiger partial charge in [-0.15, -0.1) is 0 Å². The molecule has 1 atom stereocenters. The van der Waals surface area contributed by atoms with Crippen LogP contribution in [0.15, 0.2) is 0 Å². The van der Waals surface area contributed by atoms with E-state index in [0.29, 0.717) is 17.4 Å². The third kappa shape index (κ3) is 3.20. The number of amides is 1. The van der Waals surface area contributed by atoms with Crippen molar-refractivity contribution >= 4 is 11.6 Å². The van der Waals surface area contributed by atoms with Crippen molar-refractivity contribution in [3.05, 3.63) is 11.4 Å². The van der Waals surface area contributed by atoms with Gasteiger partial charge in [0, 0.05) is 32.2 Å². The van der Waals surface area contributed by atoms with Crippen molar-refractivity contribution < 1.29 is 4.79 Å². The highest BCUT2D eigenvalue weighted by atomic mass is 16.2. The van der Waals surface area contributed by atoms with Crippen molar-refractivity contribution in [2.24, 2.45) is 0 Å². The van der Waals surface area contributed by atoms with Gasteiger partial charge in [0.25, 0.3) is 5.91 Å². The molecule has 2 heterocycles. The van der Waals surface area contributed by atoms with Gasteiger partial charge in [0.1, 0.15) is 0 Å². The van der Waals surface area contributed by atoms with Crippen molar-refractivity contribution in [1.29, 1.82) is 0 Å². The van der Waals surface area contributed by atoms with Gasteiger partial charge in [0.15, 0.2) is 5.69 Å². The maximum Gasteiger partial charge on any atom is 0.276 e. The summed E-state index contributed by atoms with van der Waals surface area (Å²) < 4.78 is 0. The summed E-state index contributed by atoms with van der Waals surface area (Å²) >= 11 is 0. The van der Waals surface area contributed by atoms with E-state index in [2.05, 4.69) is 28.9 Å². The van der Waals surface area contributed by atoms with E-state index in [-0.39, 0.29) is 11.8 Å². The number of carbonyl (C=O) groups is 1. The Morgan fingerprint density at radius 3 is 2.38 bits per heavy atom. The average Bonchev–Trinajstić information content (AvgIpc) is 2.87. The van der Waals surface area contributed by atoms with Gasteiger partial charge in [-0.3, -0.25) is 14.8 Å². The second kappa shape index (κ2) is 6.47. The molecule has 0 radical (unpaired) electrons. The van der Waals surface area contributed by atoms with E-state index in [1.165, 1.54) is 0 Å². The lowest BCUT2D eigenvalue weighted by Crippen LogP contribution is -2.51. The number of aromatic nitrogens is 2. The van der Waals surface area contributed by atoms with Gasteiger partial charge in [-0.05, 0) is 19.3 Å². The van der Waals surface area contributed by atoms with Crippen molar-refractivity contribution in [3.63, 3.8) is 0 Å². The molecule has 21 heavy (non-hydrogen) atoms. The van der Waals surface area contributed by atoms with Gasteiger partial charge in [-0.2, -0.15) is 5.10 Å². The Hall–Kier alpha value is -1.56. The van der Waals surface area contributed by atoms with Crippen LogP contribution >= 0.6 is 0 Å². The number of rotatable bonds is 4. The summed E-state index contributed by atoms with van der Waals surface area (Å²) in [7, 11) is 0. The molecule has 0 spiro atoms. The number of nitrogens with one attached hydrogen (secondary N) is 1. The Bertz CT molecular complexity index is 488. The fourth-order valence-corrected chi connectivity index (χ4v) is 2.74. The first kappa shape index (κ1) is 15.8. The minimum absolute atomic E-state index is 0.0561. The summed E-state index contributed by atoms with van der Waals surface area (Å²) in [6.45, 7) is 11.8. The molecule has 0 bridgehead atoms. The van der Waals surface area contributed by atoms with Crippen LogP contribution in [-0.4, -0.2) is 58.1 Å². The topological polar surface area (TPSA) is 78.2 Å². The number of nitrogen functional groups attached to an aromatic ring is 1. The van der Waals surface area contributed by atoms with Gasteiger partial charge in [-0.1, -0.05) is 20.8 Å². The normalized spacial score (nSPS) is 18.2. The highest BCUT2D eigenvalue weighted by Crippen LogP contribution is 2.23. The zero-order valence-electron chi connectivity index (χ0n) is 13.5. The molecule has 0 aromatic carbocycles. The summed E-state index contributed by atoms with van der Waals surface area (Å²) in [6.07, 6.45) is 1.14. The molecule has 6 nitrogen and oxygen atoms in total. The Balaban J connectivity index is 2.02. The third-order valence-corrected chi connectivity index (χ3v) is 4.43. The van der Waals surface area contributed by atoms with Gasteiger partial charge in [0.05, 0.1) is 11.4 Å². The molecule has 1 amide bonds. The maximum atomic E-state index is 12.5. The predicted octanol–water partition coefficient (Wildman–Crippen LogP) is 1.67. The third-order valence-electron chi connectivity index (χ3n) is 4.43. The second-order valence-electron chi connectivity index (χ2n) is 6.14. The lowest BCUT2D eigenvalue weighted by molar-refractivity contribution is 0.0575. The zero-order valence-corrected chi connectivity index (χ0v) is 13.5. The van der Waals surface area contributed by atoms with Crippen LogP contribution in [0, 0.1) is 0 Å². The molecular weight excluding hydrogens is 266 g/mol. The number of anilines is 1. The van der Waals surface area contributed by atoms with Crippen LogP contribution in [0.5, 0.6) is 0 Å². The fraction of sp³-hybridized carbons (Fsp3) is 0.733. The Kier molecular flexibility index (Phi) is 4.88. The molecule has 6 heteroatoms. The minimum atomic E-state index is -0.0561. The van der Waals surface area contributed by atoms with Crippen LogP contribution in [-0.2, 0) is 0 Å². The van der Waals surface area contributed by atoms with Crippen molar-refractivity contribution in [2.75, 3.05) is 31.9 Å². The highest BCUT2D eigenvalue weighted by Gasteiger charge is 2.27. The van der Waals surface area contributed by atoms with E-state index in [0.717, 1.165) is 38.3 Å². The van der Waals surface area contributed by atoms with Crippen LogP contribution in [0.1, 0.15) is 56.2 Å². The second-order valence-corrected chi connectivity index (χ2v) is 6.14. The lowest BCUT2D eigenvalue weighted by atomic mass is 10.1. The smallest absolute Gasteiger partial charge is 0.276 e. The number of carbonyl (C=O) groups excluding carboxylic acids is 1. The van der Waals surface area contributed by atoms with Gasteiger partial charge in [0.2, 0.25) is 0 Å². The number of H-pyrrole nitrogens is 1. The molecule has 1 unspecified atom stereocenters. The van der Waals surface area contributed by atoms with Crippen LogP contribution < -0.4 is 5.73 Å². The fourth-order valence-electron chi connectivity index (χ4n) is 2.74. The maximum absolute atomic E-state index is 12.5. The molecular formula is C15H27N5O. The standard InChI is InChI=1S/C15H27N5O/c1-5-11(4)19-6-8-20(9-7-19)15(21)14-12(16)13(10(2)3)17-18-14/h10-11H,5-9,16H2,1-4H3,(H,17,18). The molecule has 2 rings (SSSR count). The van der Waals surface area contributed by atoms with Crippen LogP contribution in [0.4, 0.5) is 5.69 Å². The number of nitrogens with two attached hydrogens (primary N) is 1. The predicted molar refractivity (Wildman–Crippen MR) is 84.3 cm³/mol. The first-order valence-corrected chi connectivity index (χ1v) is 7.82. The summed E-state index contributed by atoms with van der Waals surface area (Å²) in [5.74, 6) is 0.181. The molecule has 1 fully saturated rings. The zero-order chi connectivity index (χ0) is 15.6. The van der Waals surface area contributed by atoms with E-state index >= 15 is 0 Å². The summed E-state index contributed by atoms with van der Waals surface area (Å²) in [5, 5.41) is 7.02. The lowest BCUT2D eigenvalue weighted by Gasteiger charge is -2.37. The van der Waals surface area contributed by atoms with E-state index in [4.69, 9.17) is 5.73 Å². The van der Waals surface area contributed by atoms with Crippen molar-refractivity contribution in [2.45, 2.75) is 46.1 Å². The summed E-state index contributed by atoms with van der Waals surface area (Å²) in [4.78, 5) is 16.8. The van der Waals surface area contributed by atoms with Gasteiger partial charge in [-0.25, -0.2) is 0 Å². The number of hydrogen-bond acceptors (Lipinski definition) is 4. The molecule has 3 N–H and O–H groups in total. The van der Waals surface area contributed by atoms with Gasteiger partial charge < -0.3 is 10.6 Å². The van der Waals surface area contributed by atoms with Crippen molar-refractivity contribution in [1.82, 2.24) is 20.0 Å². The van der Waals surface area contributed by atoms with E-state index in [9.17, 15) is 4.79 Å². The number of piperazine rings is 1. The number of hydrogen-bond donors (Lipinski definition) is 2. The quantitative estimate of drug-likeness (QED) is 0.885. The largest absolute Gasteiger partial charge is 0.395 e. The molecule has 1 aromatic rings. The molecule has 1 aliphatic heterocycles. The Labute approximate surface area is 126 Å². The van der Waals surface area contributed by atoms with Crippen LogP contribution in [0.2, 0.25) is 0 Å². The van der Waals surface area contributed by atoms with E-state index in [1.54, 1.807) is 0 Å². The average molecular weight is 293 g/mol. The van der Waals surface area contributed by atoms with Crippen molar-refractivity contribution in [3.8, 4) is 0 Å². The highest BCUT2D eigenvalue weighted by molar-refractivity contribution is 5.97. The number of nitrogens with zero attached hydrogens (tertiary/aromatic N) is 3. The van der Waals surface area contributed by atoms with E-state index < -0.39 is 0 Å². The van der Waals surface area contributed by atoms with Crippen LogP contribution in [0.25, 0.3) is 0 Å². The summed E-state index contributed by atoms with van der Waals surface area (Å²) in [6, 6.07) is 0.574. The minimum Gasteiger partial charge on any atom is -0.395 e. The number of aromatic amines is 1. The molecule has 1 aromatic heterocycles. The molecule has 0 aliphatic carbocycles. The van der Waals surface area contributed by atoms with Gasteiger partial charge >= 0.3 is 0 Å². The van der Waals surface area contributed by atoms with Crippen LogP contribution in [0.3, 0.4) is 0 Å². The SMILES string of the molecule is CCC(C)N1CCN(C(=O)c2n[nH]c(C(C)C)c2N)CC1. The van der Waals surface area contributed by atoms with E-state index in [1.807, 2.05) is 18.7 Å². The monoisotopic (exact) mass is 293 g/mol. The Morgan fingerprint density at radius 1 is 1.29 bits per heavy atom. The molecule has 118 valence electrons. The first-order valence-electron chi connectivity index (χ1n) is 7.82. The summed E-state index contributed by atoms with van der Waals surface area (Å²) in [5.41, 5.74) is 7.77. The molecule has 1 saturated heterocycles. The molecule has 1 aliphatic rings. The Morgan fingerprint density at radius 2 is 1.90 bits per heavy atom.